The van der Waals surface area contributed by atoms with E-state index < -0.39 is 0 Å². The summed E-state index contributed by atoms with van der Waals surface area (Å²) in [5.41, 5.74) is 7.34. The SMILES string of the molecule is Cc1cc(N)c(O)c(CC=O)c1. The maximum Gasteiger partial charge on any atom is 0.142 e. The Balaban J connectivity index is 3.17. The van der Waals surface area contributed by atoms with Crippen LogP contribution in [0.5, 0.6) is 5.75 Å². The van der Waals surface area contributed by atoms with Crippen LogP contribution in [0.25, 0.3) is 0 Å². The molecule has 1 aromatic rings. The number of nitrogen functional groups attached to an aromatic ring is 1. The first-order valence-corrected chi connectivity index (χ1v) is 3.66. The van der Waals surface area contributed by atoms with Crippen LogP contribution in [0.3, 0.4) is 0 Å². The van der Waals surface area contributed by atoms with E-state index in [-0.39, 0.29) is 12.2 Å². The number of anilines is 1. The van der Waals surface area contributed by atoms with Gasteiger partial charge in [0.05, 0.1) is 5.69 Å². The number of rotatable bonds is 2. The van der Waals surface area contributed by atoms with E-state index in [2.05, 4.69) is 0 Å². The monoisotopic (exact) mass is 165 g/mol. The van der Waals surface area contributed by atoms with Crippen molar-refractivity contribution < 1.29 is 9.90 Å². The molecular weight excluding hydrogens is 154 g/mol. The molecule has 0 fully saturated rings. The second kappa shape index (κ2) is 3.26. The van der Waals surface area contributed by atoms with Gasteiger partial charge in [0, 0.05) is 12.0 Å². The van der Waals surface area contributed by atoms with Crippen LogP contribution in [-0.2, 0) is 11.2 Å². The highest BCUT2D eigenvalue weighted by atomic mass is 16.3. The summed E-state index contributed by atoms with van der Waals surface area (Å²) < 4.78 is 0. The normalized spacial score (nSPS) is 9.75. The third-order valence-corrected chi connectivity index (χ3v) is 1.67. The average molecular weight is 165 g/mol. The minimum absolute atomic E-state index is 0.0210. The Kier molecular flexibility index (Phi) is 2.33. The number of aryl methyl sites for hydroxylation is 1. The van der Waals surface area contributed by atoms with Crippen molar-refractivity contribution in [2.24, 2.45) is 0 Å². The smallest absolute Gasteiger partial charge is 0.142 e. The summed E-state index contributed by atoms with van der Waals surface area (Å²) in [5.74, 6) is 0.0210. The molecule has 1 aromatic carbocycles. The third kappa shape index (κ3) is 1.56. The van der Waals surface area contributed by atoms with Crippen LogP contribution >= 0.6 is 0 Å². The number of aldehydes is 1. The fraction of sp³-hybridized carbons (Fsp3) is 0.222. The van der Waals surface area contributed by atoms with Crippen molar-refractivity contribution >= 4 is 12.0 Å². The Labute approximate surface area is 70.8 Å². The van der Waals surface area contributed by atoms with Crippen molar-refractivity contribution in [2.75, 3.05) is 5.73 Å². The van der Waals surface area contributed by atoms with Gasteiger partial charge in [0.15, 0.2) is 0 Å². The Morgan fingerprint density at radius 2 is 2.25 bits per heavy atom. The zero-order chi connectivity index (χ0) is 9.14. The number of phenols is 1. The van der Waals surface area contributed by atoms with Crippen molar-refractivity contribution in [2.45, 2.75) is 13.3 Å². The zero-order valence-corrected chi connectivity index (χ0v) is 6.87. The zero-order valence-electron chi connectivity index (χ0n) is 6.87. The first-order chi connectivity index (χ1) is 5.65. The first-order valence-electron chi connectivity index (χ1n) is 3.66. The second-order valence-electron chi connectivity index (χ2n) is 2.73. The number of carbonyl (C=O) groups is 1. The first kappa shape index (κ1) is 8.59. The highest BCUT2D eigenvalue weighted by Gasteiger charge is 2.04. The van der Waals surface area contributed by atoms with Gasteiger partial charge in [-0.3, -0.25) is 0 Å². The van der Waals surface area contributed by atoms with Crippen molar-refractivity contribution in [3.05, 3.63) is 23.3 Å². The number of carbonyl (C=O) groups excluding carboxylic acids is 1. The Bertz CT molecular complexity index is 308. The van der Waals surface area contributed by atoms with Gasteiger partial charge >= 0.3 is 0 Å². The maximum atomic E-state index is 10.2. The highest BCUT2D eigenvalue weighted by Crippen LogP contribution is 2.26. The molecule has 0 spiro atoms. The number of aromatic hydroxyl groups is 1. The molecule has 0 aliphatic rings. The van der Waals surface area contributed by atoms with Gasteiger partial charge in [0.25, 0.3) is 0 Å². The topological polar surface area (TPSA) is 63.3 Å². The molecule has 0 bridgehead atoms. The predicted octanol–water partition coefficient (Wildman–Crippen LogP) is 1.02. The van der Waals surface area contributed by atoms with Gasteiger partial charge in [-0.1, -0.05) is 6.07 Å². The van der Waals surface area contributed by atoms with E-state index in [9.17, 15) is 9.90 Å². The van der Waals surface area contributed by atoms with Gasteiger partial charge in [-0.25, -0.2) is 0 Å². The van der Waals surface area contributed by atoms with E-state index >= 15 is 0 Å². The molecule has 64 valence electrons. The molecule has 0 radical (unpaired) electrons. The molecule has 12 heavy (non-hydrogen) atoms. The highest BCUT2D eigenvalue weighted by molar-refractivity contribution is 5.64. The minimum Gasteiger partial charge on any atom is -0.505 e. The van der Waals surface area contributed by atoms with Crippen LogP contribution in [0.1, 0.15) is 11.1 Å². The predicted molar refractivity (Wildman–Crippen MR) is 47.0 cm³/mol. The molecule has 3 heteroatoms. The van der Waals surface area contributed by atoms with E-state index in [1.165, 1.54) is 0 Å². The third-order valence-electron chi connectivity index (χ3n) is 1.67. The number of nitrogens with two attached hydrogens (primary N) is 1. The summed E-state index contributed by atoms with van der Waals surface area (Å²) in [6, 6.07) is 3.42. The van der Waals surface area contributed by atoms with E-state index in [4.69, 9.17) is 5.73 Å². The minimum atomic E-state index is 0.0210. The van der Waals surface area contributed by atoms with Crippen molar-refractivity contribution in [1.82, 2.24) is 0 Å². The standard InChI is InChI=1S/C9H11NO2/c1-6-4-7(2-3-11)9(12)8(10)5-6/h3-5,12H,2,10H2,1H3. The molecule has 0 saturated carbocycles. The molecule has 0 saturated heterocycles. The Hall–Kier alpha value is -1.51. The molecule has 0 aliphatic carbocycles. The Morgan fingerprint density at radius 1 is 1.58 bits per heavy atom. The summed E-state index contributed by atoms with van der Waals surface area (Å²) in [6.07, 6.45) is 0.950. The molecule has 0 aliphatic heterocycles. The van der Waals surface area contributed by atoms with Gasteiger partial charge in [-0.15, -0.1) is 0 Å². The van der Waals surface area contributed by atoms with Gasteiger partial charge in [-0.05, 0) is 18.6 Å². The van der Waals surface area contributed by atoms with Crippen molar-refractivity contribution in [3.63, 3.8) is 0 Å². The van der Waals surface area contributed by atoms with Gasteiger partial charge in [-0.2, -0.15) is 0 Å². The van der Waals surface area contributed by atoms with E-state index in [0.29, 0.717) is 11.3 Å². The molecule has 0 heterocycles. The second-order valence-corrected chi connectivity index (χ2v) is 2.73. The summed E-state index contributed by atoms with van der Waals surface area (Å²) in [5, 5.41) is 9.37. The van der Waals surface area contributed by atoms with Crippen LogP contribution in [0.4, 0.5) is 5.69 Å². The molecule has 0 atom stereocenters. The quantitative estimate of drug-likeness (QED) is 0.390. The van der Waals surface area contributed by atoms with Crippen LogP contribution in [-0.4, -0.2) is 11.4 Å². The lowest BCUT2D eigenvalue weighted by Crippen LogP contribution is -1.93. The number of benzene rings is 1. The van der Waals surface area contributed by atoms with Crippen LogP contribution in [0.2, 0.25) is 0 Å². The lowest BCUT2D eigenvalue weighted by Gasteiger charge is -2.05. The van der Waals surface area contributed by atoms with Gasteiger partial charge in [0.1, 0.15) is 12.0 Å². The molecule has 1 rings (SSSR count). The number of hydrogen-bond donors (Lipinski definition) is 2. The molecular formula is C9H11NO2. The fourth-order valence-electron chi connectivity index (χ4n) is 1.13. The summed E-state index contributed by atoms with van der Waals surface area (Å²) in [7, 11) is 0. The molecule has 0 amide bonds. The van der Waals surface area contributed by atoms with Crippen LogP contribution < -0.4 is 5.73 Å². The largest absolute Gasteiger partial charge is 0.505 e. The number of phenolic OH excluding ortho intramolecular Hbond substituents is 1. The van der Waals surface area contributed by atoms with Gasteiger partial charge < -0.3 is 15.6 Å². The van der Waals surface area contributed by atoms with Crippen molar-refractivity contribution in [1.29, 1.82) is 0 Å². The van der Waals surface area contributed by atoms with E-state index in [1.54, 1.807) is 12.1 Å². The van der Waals surface area contributed by atoms with Crippen LogP contribution in [0.15, 0.2) is 12.1 Å². The lowest BCUT2D eigenvalue weighted by molar-refractivity contribution is -0.107. The molecule has 0 unspecified atom stereocenters. The van der Waals surface area contributed by atoms with Crippen LogP contribution in [0, 0.1) is 6.92 Å². The van der Waals surface area contributed by atoms with Crippen molar-refractivity contribution in [3.8, 4) is 5.75 Å². The summed E-state index contributed by atoms with van der Waals surface area (Å²) >= 11 is 0. The molecule has 0 aromatic heterocycles. The van der Waals surface area contributed by atoms with E-state index in [0.717, 1.165) is 11.8 Å². The average Bonchev–Trinajstić information content (AvgIpc) is 2.00. The van der Waals surface area contributed by atoms with Gasteiger partial charge in [0.2, 0.25) is 0 Å². The summed E-state index contributed by atoms with van der Waals surface area (Å²) in [4.78, 5) is 10.2. The molecule has 3 N–H and O–H groups in total. The fourth-order valence-corrected chi connectivity index (χ4v) is 1.13. The lowest BCUT2D eigenvalue weighted by atomic mass is 10.1. The van der Waals surface area contributed by atoms with E-state index in [1.807, 2.05) is 6.92 Å². The molecule has 3 nitrogen and oxygen atoms in total. The maximum absolute atomic E-state index is 10.2. The number of hydrogen-bond acceptors (Lipinski definition) is 3. The Morgan fingerprint density at radius 3 is 2.83 bits per heavy atom. The summed E-state index contributed by atoms with van der Waals surface area (Å²) in [6.45, 7) is 1.87.